The lowest BCUT2D eigenvalue weighted by Crippen LogP contribution is -2.30. The molecule has 0 unspecified atom stereocenters. The predicted molar refractivity (Wildman–Crippen MR) is 94.2 cm³/mol. The molecule has 25 heavy (non-hydrogen) atoms. The topological polar surface area (TPSA) is 59.6 Å². The molecule has 6 heteroatoms. The van der Waals surface area contributed by atoms with Crippen molar-refractivity contribution in [3.63, 3.8) is 0 Å². The Morgan fingerprint density at radius 2 is 1.76 bits per heavy atom. The molecule has 134 valence electrons. The van der Waals surface area contributed by atoms with Crippen LogP contribution in [0.5, 0.6) is 11.5 Å². The third-order valence-corrected chi connectivity index (χ3v) is 3.55. The highest BCUT2D eigenvalue weighted by molar-refractivity contribution is 5.76. The number of amides is 1. The smallest absolute Gasteiger partial charge is 0.221 e. The van der Waals surface area contributed by atoms with Gasteiger partial charge in [-0.3, -0.25) is 4.79 Å². The van der Waals surface area contributed by atoms with Crippen LogP contribution in [0.2, 0.25) is 0 Å². The van der Waals surface area contributed by atoms with Crippen LogP contribution >= 0.6 is 0 Å². The summed E-state index contributed by atoms with van der Waals surface area (Å²) in [6.45, 7) is 1.71. The van der Waals surface area contributed by atoms with Crippen molar-refractivity contribution in [3.8, 4) is 11.5 Å². The minimum Gasteiger partial charge on any atom is -0.497 e. The number of nitrogens with one attached hydrogen (secondary N) is 2. The van der Waals surface area contributed by atoms with Crippen LogP contribution in [0.4, 0.5) is 4.39 Å². The first-order valence-electron chi connectivity index (χ1n) is 8.16. The SMILES string of the molecule is COc1ccc(OCCNC(=O)CCNCc2ccccc2F)cc1. The van der Waals surface area contributed by atoms with Gasteiger partial charge < -0.3 is 20.1 Å². The third-order valence-electron chi connectivity index (χ3n) is 3.55. The van der Waals surface area contributed by atoms with Crippen molar-refractivity contribution in [1.29, 1.82) is 0 Å². The monoisotopic (exact) mass is 346 g/mol. The van der Waals surface area contributed by atoms with Gasteiger partial charge in [-0.15, -0.1) is 0 Å². The molecule has 0 aliphatic rings. The summed E-state index contributed by atoms with van der Waals surface area (Å²) in [5.41, 5.74) is 0.593. The lowest BCUT2D eigenvalue weighted by molar-refractivity contribution is -0.121. The summed E-state index contributed by atoms with van der Waals surface area (Å²) in [6.07, 6.45) is 0.330. The van der Waals surface area contributed by atoms with Gasteiger partial charge in [0.1, 0.15) is 23.9 Å². The molecule has 2 N–H and O–H groups in total. The van der Waals surface area contributed by atoms with Crippen molar-refractivity contribution in [2.45, 2.75) is 13.0 Å². The largest absolute Gasteiger partial charge is 0.497 e. The fourth-order valence-corrected chi connectivity index (χ4v) is 2.19. The molecule has 0 aliphatic heterocycles. The number of halogens is 1. The van der Waals surface area contributed by atoms with Gasteiger partial charge in [-0.1, -0.05) is 18.2 Å². The summed E-state index contributed by atoms with van der Waals surface area (Å²) in [4.78, 5) is 11.7. The van der Waals surface area contributed by atoms with Gasteiger partial charge in [0.2, 0.25) is 5.91 Å². The van der Waals surface area contributed by atoms with Gasteiger partial charge in [0, 0.05) is 25.1 Å². The minimum absolute atomic E-state index is 0.0700. The highest BCUT2D eigenvalue weighted by Gasteiger charge is 2.03. The van der Waals surface area contributed by atoms with Gasteiger partial charge in [0.15, 0.2) is 0 Å². The summed E-state index contributed by atoms with van der Waals surface area (Å²) in [7, 11) is 1.61. The summed E-state index contributed by atoms with van der Waals surface area (Å²) in [5, 5.41) is 5.84. The average molecular weight is 346 g/mol. The second kappa shape index (κ2) is 10.3. The molecule has 0 atom stereocenters. The van der Waals surface area contributed by atoms with Gasteiger partial charge in [-0.05, 0) is 30.3 Å². The van der Waals surface area contributed by atoms with Crippen LogP contribution < -0.4 is 20.1 Å². The Balaban J connectivity index is 1.54. The number of rotatable bonds is 10. The fourth-order valence-electron chi connectivity index (χ4n) is 2.19. The summed E-state index contributed by atoms with van der Waals surface area (Å²) < 4.78 is 24.0. The first kappa shape index (κ1) is 18.7. The molecule has 0 saturated carbocycles. The molecular formula is C19H23FN2O3. The standard InChI is InChI=1S/C19H23FN2O3/c1-24-16-6-8-17(9-7-16)25-13-12-22-19(23)10-11-21-14-15-4-2-3-5-18(15)20/h2-9,21H,10-14H2,1H3,(H,22,23). The zero-order valence-electron chi connectivity index (χ0n) is 14.3. The average Bonchev–Trinajstić information content (AvgIpc) is 2.64. The van der Waals surface area contributed by atoms with E-state index in [0.717, 1.165) is 11.5 Å². The van der Waals surface area contributed by atoms with E-state index in [4.69, 9.17) is 9.47 Å². The zero-order chi connectivity index (χ0) is 17.9. The Hall–Kier alpha value is -2.60. The number of carbonyl (C=O) groups excluding carboxylic acids is 1. The molecular weight excluding hydrogens is 323 g/mol. The first-order chi connectivity index (χ1) is 12.2. The van der Waals surface area contributed by atoms with E-state index in [1.165, 1.54) is 6.07 Å². The highest BCUT2D eigenvalue weighted by Crippen LogP contribution is 2.16. The number of methoxy groups -OCH3 is 1. The molecule has 0 saturated heterocycles. The second-order valence-corrected chi connectivity index (χ2v) is 5.39. The van der Waals surface area contributed by atoms with Crippen LogP contribution in [-0.2, 0) is 11.3 Å². The molecule has 0 aromatic heterocycles. The van der Waals surface area contributed by atoms with Crippen LogP contribution in [-0.4, -0.2) is 32.7 Å². The summed E-state index contributed by atoms with van der Waals surface area (Å²) in [5.74, 6) is 1.18. The van der Waals surface area contributed by atoms with Crippen LogP contribution in [0.1, 0.15) is 12.0 Å². The first-order valence-corrected chi connectivity index (χ1v) is 8.16. The Bertz CT molecular complexity index is 662. The molecule has 0 spiro atoms. The molecule has 2 aromatic rings. The van der Waals surface area contributed by atoms with Crippen molar-refractivity contribution >= 4 is 5.91 Å². The van der Waals surface area contributed by atoms with E-state index >= 15 is 0 Å². The normalized spacial score (nSPS) is 10.3. The number of benzene rings is 2. The maximum atomic E-state index is 13.4. The van der Waals surface area contributed by atoms with E-state index in [1.807, 2.05) is 24.3 Å². The van der Waals surface area contributed by atoms with E-state index in [-0.39, 0.29) is 11.7 Å². The molecule has 0 fully saturated rings. The van der Waals surface area contributed by atoms with E-state index in [1.54, 1.807) is 25.3 Å². The Morgan fingerprint density at radius 1 is 1.04 bits per heavy atom. The predicted octanol–water partition coefficient (Wildman–Crippen LogP) is 2.51. The van der Waals surface area contributed by atoms with Crippen LogP contribution in [0, 0.1) is 5.82 Å². The van der Waals surface area contributed by atoms with Crippen molar-refractivity contribution in [1.82, 2.24) is 10.6 Å². The Labute approximate surface area is 147 Å². The molecule has 0 heterocycles. The van der Waals surface area contributed by atoms with Gasteiger partial charge in [-0.2, -0.15) is 0 Å². The van der Waals surface area contributed by atoms with E-state index in [0.29, 0.717) is 38.2 Å². The van der Waals surface area contributed by atoms with Crippen molar-refractivity contribution in [2.75, 3.05) is 26.8 Å². The molecule has 0 bridgehead atoms. The quantitative estimate of drug-likeness (QED) is 0.649. The van der Waals surface area contributed by atoms with E-state index in [9.17, 15) is 9.18 Å². The van der Waals surface area contributed by atoms with E-state index < -0.39 is 0 Å². The molecule has 5 nitrogen and oxygen atoms in total. The number of hydrogen-bond donors (Lipinski definition) is 2. The van der Waals surface area contributed by atoms with Gasteiger partial charge in [0.05, 0.1) is 13.7 Å². The highest BCUT2D eigenvalue weighted by atomic mass is 19.1. The Kier molecular flexibility index (Phi) is 7.72. The fraction of sp³-hybridized carbons (Fsp3) is 0.316. The lowest BCUT2D eigenvalue weighted by atomic mass is 10.2. The lowest BCUT2D eigenvalue weighted by Gasteiger charge is -2.09. The second-order valence-electron chi connectivity index (χ2n) is 5.39. The van der Waals surface area contributed by atoms with Gasteiger partial charge >= 0.3 is 0 Å². The number of ether oxygens (including phenoxy) is 2. The van der Waals surface area contributed by atoms with E-state index in [2.05, 4.69) is 10.6 Å². The Morgan fingerprint density at radius 3 is 2.48 bits per heavy atom. The summed E-state index contributed by atoms with van der Waals surface area (Å²) >= 11 is 0. The molecule has 2 aromatic carbocycles. The number of carbonyl (C=O) groups is 1. The molecule has 0 aliphatic carbocycles. The minimum atomic E-state index is -0.241. The van der Waals surface area contributed by atoms with Crippen LogP contribution in [0.3, 0.4) is 0 Å². The maximum absolute atomic E-state index is 13.4. The third kappa shape index (κ3) is 6.81. The van der Waals surface area contributed by atoms with Gasteiger partial charge in [-0.25, -0.2) is 4.39 Å². The summed E-state index contributed by atoms with van der Waals surface area (Å²) in [6, 6.07) is 13.8. The van der Waals surface area contributed by atoms with Crippen LogP contribution in [0.25, 0.3) is 0 Å². The molecule has 1 amide bonds. The van der Waals surface area contributed by atoms with Crippen molar-refractivity contribution in [2.24, 2.45) is 0 Å². The van der Waals surface area contributed by atoms with Crippen LogP contribution in [0.15, 0.2) is 48.5 Å². The molecule has 2 rings (SSSR count). The zero-order valence-corrected chi connectivity index (χ0v) is 14.3. The maximum Gasteiger partial charge on any atom is 0.221 e. The van der Waals surface area contributed by atoms with Crippen molar-refractivity contribution in [3.05, 3.63) is 59.9 Å². The molecule has 0 radical (unpaired) electrons. The van der Waals surface area contributed by atoms with Gasteiger partial charge in [0.25, 0.3) is 0 Å². The van der Waals surface area contributed by atoms with Crippen molar-refractivity contribution < 1.29 is 18.7 Å². The number of hydrogen-bond acceptors (Lipinski definition) is 4.